The fourth-order valence-corrected chi connectivity index (χ4v) is 3.30. The third kappa shape index (κ3) is 3.80. The van der Waals surface area contributed by atoms with Crippen molar-refractivity contribution in [1.82, 2.24) is 15.2 Å². The number of hydrogen-bond donors (Lipinski definition) is 1. The van der Waals surface area contributed by atoms with Crippen molar-refractivity contribution in [1.29, 1.82) is 0 Å². The lowest BCUT2D eigenvalue weighted by molar-refractivity contribution is 0.186. The number of nitrogens with zero attached hydrogens (tertiary/aromatic N) is 2. The van der Waals surface area contributed by atoms with Gasteiger partial charge in [0.25, 0.3) is 0 Å². The van der Waals surface area contributed by atoms with E-state index >= 15 is 0 Å². The van der Waals surface area contributed by atoms with E-state index in [4.69, 9.17) is 0 Å². The second-order valence-electron chi connectivity index (χ2n) is 6.48. The van der Waals surface area contributed by atoms with Gasteiger partial charge in [0.15, 0.2) is 0 Å². The van der Waals surface area contributed by atoms with E-state index in [1.807, 2.05) is 6.20 Å². The summed E-state index contributed by atoms with van der Waals surface area (Å²) in [5.41, 5.74) is 2.78. The standard InChI is InChI=1S/C17H29N3/c1-13(2)19-11-15-7-5-6-10-20(4)17(15)16-12-18-9-8-14(16)3/h8-9,12-13,15,17,19H,5-7,10-11H2,1-4H3. The molecule has 112 valence electrons. The number of aryl methyl sites for hydroxylation is 1. The van der Waals surface area contributed by atoms with Crippen molar-refractivity contribution in [3.8, 4) is 0 Å². The predicted octanol–water partition coefficient (Wildman–Crippen LogP) is 3.16. The molecule has 1 fully saturated rings. The summed E-state index contributed by atoms with van der Waals surface area (Å²) < 4.78 is 0. The lowest BCUT2D eigenvalue weighted by Crippen LogP contribution is -2.37. The Labute approximate surface area is 123 Å². The predicted molar refractivity (Wildman–Crippen MR) is 84.8 cm³/mol. The zero-order valence-electron chi connectivity index (χ0n) is 13.4. The van der Waals surface area contributed by atoms with Crippen molar-refractivity contribution < 1.29 is 0 Å². The molecule has 1 saturated heterocycles. The average Bonchev–Trinajstić information content (AvgIpc) is 2.59. The van der Waals surface area contributed by atoms with E-state index in [1.54, 1.807) is 0 Å². The maximum atomic E-state index is 4.37. The van der Waals surface area contributed by atoms with Crippen LogP contribution in [-0.2, 0) is 0 Å². The minimum absolute atomic E-state index is 0.498. The van der Waals surface area contributed by atoms with Crippen LogP contribution in [0.3, 0.4) is 0 Å². The number of likely N-dealkylation sites (tertiary alicyclic amines) is 1. The molecule has 0 spiro atoms. The first-order chi connectivity index (χ1) is 9.59. The maximum Gasteiger partial charge on any atom is 0.0403 e. The lowest BCUT2D eigenvalue weighted by atomic mass is 9.88. The molecular weight excluding hydrogens is 246 g/mol. The van der Waals surface area contributed by atoms with Gasteiger partial charge < -0.3 is 5.32 Å². The Morgan fingerprint density at radius 2 is 2.20 bits per heavy atom. The van der Waals surface area contributed by atoms with Gasteiger partial charge in [-0.15, -0.1) is 0 Å². The molecule has 2 rings (SSSR count). The highest BCUT2D eigenvalue weighted by Gasteiger charge is 2.30. The highest BCUT2D eigenvalue weighted by Crippen LogP contribution is 2.35. The first-order valence-electron chi connectivity index (χ1n) is 7.93. The third-order valence-corrected chi connectivity index (χ3v) is 4.44. The van der Waals surface area contributed by atoms with Crippen LogP contribution >= 0.6 is 0 Å². The van der Waals surface area contributed by atoms with Gasteiger partial charge in [-0.3, -0.25) is 9.88 Å². The van der Waals surface area contributed by atoms with Crippen molar-refractivity contribution in [3.63, 3.8) is 0 Å². The number of hydrogen-bond acceptors (Lipinski definition) is 3. The zero-order chi connectivity index (χ0) is 14.5. The van der Waals surface area contributed by atoms with Gasteiger partial charge in [0, 0.05) is 31.0 Å². The first-order valence-corrected chi connectivity index (χ1v) is 7.93. The van der Waals surface area contributed by atoms with Gasteiger partial charge in [-0.25, -0.2) is 0 Å². The molecule has 1 N–H and O–H groups in total. The molecule has 3 nitrogen and oxygen atoms in total. The summed E-state index contributed by atoms with van der Waals surface area (Å²) in [5, 5.41) is 3.64. The van der Waals surface area contributed by atoms with Gasteiger partial charge in [-0.1, -0.05) is 20.3 Å². The van der Waals surface area contributed by atoms with E-state index < -0.39 is 0 Å². The van der Waals surface area contributed by atoms with E-state index in [0.717, 1.165) is 6.54 Å². The molecule has 20 heavy (non-hydrogen) atoms. The molecule has 0 aliphatic carbocycles. The maximum absolute atomic E-state index is 4.37. The van der Waals surface area contributed by atoms with Crippen LogP contribution in [0.2, 0.25) is 0 Å². The van der Waals surface area contributed by atoms with Crippen molar-refractivity contribution in [2.75, 3.05) is 20.1 Å². The highest BCUT2D eigenvalue weighted by atomic mass is 15.1. The van der Waals surface area contributed by atoms with Crippen LogP contribution in [0.1, 0.15) is 50.3 Å². The Hall–Kier alpha value is -0.930. The molecule has 1 aromatic heterocycles. The molecule has 0 saturated carbocycles. The van der Waals surface area contributed by atoms with Crippen molar-refractivity contribution in [3.05, 3.63) is 29.6 Å². The number of nitrogens with one attached hydrogen (secondary N) is 1. The Bertz CT molecular complexity index is 416. The van der Waals surface area contributed by atoms with Crippen molar-refractivity contribution in [2.45, 2.75) is 52.1 Å². The van der Waals surface area contributed by atoms with E-state index in [9.17, 15) is 0 Å². The number of aromatic nitrogens is 1. The molecule has 0 radical (unpaired) electrons. The summed E-state index contributed by atoms with van der Waals surface area (Å²) in [7, 11) is 2.27. The Morgan fingerprint density at radius 3 is 2.90 bits per heavy atom. The monoisotopic (exact) mass is 275 g/mol. The van der Waals surface area contributed by atoms with Gasteiger partial charge in [-0.2, -0.15) is 0 Å². The van der Waals surface area contributed by atoms with Crippen LogP contribution in [0.15, 0.2) is 18.5 Å². The van der Waals surface area contributed by atoms with Crippen LogP contribution in [-0.4, -0.2) is 36.1 Å². The molecular formula is C17H29N3. The number of rotatable bonds is 4. The fraction of sp³-hybridized carbons (Fsp3) is 0.706. The van der Waals surface area contributed by atoms with E-state index in [0.29, 0.717) is 18.0 Å². The summed E-state index contributed by atoms with van der Waals surface area (Å²) in [6.45, 7) is 8.95. The molecule has 0 amide bonds. The smallest absolute Gasteiger partial charge is 0.0403 e. The van der Waals surface area contributed by atoms with Gasteiger partial charge >= 0.3 is 0 Å². The molecule has 1 aliphatic rings. The Morgan fingerprint density at radius 1 is 1.40 bits per heavy atom. The molecule has 3 heteroatoms. The summed E-state index contributed by atoms with van der Waals surface area (Å²) in [5.74, 6) is 0.674. The molecule has 1 aliphatic heterocycles. The van der Waals surface area contributed by atoms with Crippen LogP contribution in [0.25, 0.3) is 0 Å². The normalized spacial score (nSPS) is 24.9. The molecule has 0 bridgehead atoms. The summed E-state index contributed by atoms with van der Waals surface area (Å²) in [6.07, 6.45) is 7.93. The number of pyridine rings is 1. The SMILES string of the molecule is Cc1ccncc1C1C(CNC(C)C)CCCCN1C. The van der Waals surface area contributed by atoms with Gasteiger partial charge in [0.2, 0.25) is 0 Å². The zero-order valence-corrected chi connectivity index (χ0v) is 13.4. The van der Waals surface area contributed by atoms with Crippen LogP contribution < -0.4 is 5.32 Å². The van der Waals surface area contributed by atoms with E-state index in [1.165, 1.54) is 36.9 Å². The van der Waals surface area contributed by atoms with Crippen LogP contribution in [0, 0.1) is 12.8 Å². The molecule has 1 aromatic rings. The van der Waals surface area contributed by atoms with Crippen LogP contribution in [0.5, 0.6) is 0 Å². The van der Waals surface area contributed by atoms with Gasteiger partial charge in [-0.05, 0) is 56.5 Å². The van der Waals surface area contributed by atoms with Gasteiger partial charge in [0.05, 0.1) is 0 Å². The summed E-state index contributed by atoms with van der Waals surface area (Å²) in [4.78, 5) is 6.90. The molecule has 2 unspecified atom stereocenters. The Kier molecular flexibility index (Phi) is 5.55. The van der Waals surface area contributed by atoms with E-state index in [-0.39, 0.29) is 0 Å². The average molecular weight is 275 g/mol. The summed E-state index contributed by atoms with van der Waals surface area (Å²) in [6, 6.07) is 3.19. The lowest BCUT2D eigenvalue weighted by Gasteiger charge is -2.34. The minimum Gasteiger partial charge on any atom is -0.314 e. The first kappa shape index (κ1) is 15.5. The molecule has 2 heterocycles. The highest BCUT2D eigenvalue weighted by molar-refractivity contribution is 5.26. The largest absolute Gasteiger partial charge is 0.314 e. The third-order valence-electron chi connectivity index (χ3n) is 4.44. The van der Waals surface area contributed by atoms with Crippen LogP contribution in [0.4, 0.5) is 0 Å². The molecule has 0 aromatic carbocycles. The van der Waals surface area contributed by atoms with Crippen molar-refractivity contribution >= 4 is 0 Å². The topological polar surface area (TPSA) is 28.2 Å². The quantitative estimate of drug-likeness (QED) is 0.915. The second-order valence-corrected chi connectivity index (χ2v) is 6.48. The van der Waals surface area contributed by atoms with E-state index in [2.05, 4.69) is 55.3 Å². The Balaban J connectivity index is 2.24. The fourth-order valence-electron chi connectivity index (χ4n) is 3.30. The summed E-state index contributed by atoms with van der Waals surface area (Å²) >= 11 is 0. The minimum atomic E-state index is 0.498. The second kappa shape index (κ2) is 7.19. The van der Waals surface area contributed by atoms with Crippen molar-refractivity contribution in [2.24, 2.45) is 5.92 Å². The molecule has 2 atom stereocenters. The van der Waals surface area contributed by atoms with Gasteiger partial charge in [0.1, 0.15) is 0 Å².